The van der Waals surface area contributed by atoms with E-state index in [1.165, 1.54) is 25.7 Å². The van der Waals surface area contributed by atoms with Crippen molar-refractivity contribution >= 4 is 0 Å². The van der Waals surface area contributed by atoms with E-state index in [1.54, 1.807) is 18.6 Å². The minimum absolute atomic E-state index is 0.0620. The minimum Gasteiger partial charge on any atom is -0.313 e. The molecule has 9 heteroatoms. The van der Waals surface area contributed by atoms with Gasteiger partial charge in [0.15, 0.2) is 11.6 Å². The normalized spacial score (nSPS) is 15.6. The molecule has 0 bridgehead atoms. The third-order valence-corrected chi connectivity index (χ3v) is 5.44. The van der Waals surface area contributed by atoms with Crippen LogP contribution in [0, 0.1) is 0 Å². The van der Waals surface area contributed by atoms with Gasteiger partial charge in [0, 0.05) is 30.2 Å². The first-order chi connectivity index (χ1) is 14.3. The van der Waals surface area contributed by atoms with Gasteiger partial charge in [0.25, 0.3) is 0 Å². The first-order valence-corrected chi connectivity index (χ1v) is 9.84. The molecule has 1 unspecified atom stereocenters. The van der Waals surface area contributed by atoms with Gasteiger partial charge in [-0.15, -0.1) is 15.3 Å². The van der Waals surface area contributed by atoms with Crippen LogP contribution in [0.3, 0.4) is 0 Å². The van der Waals surface area contributed by atoms with Crippen LogP contribution in [0.4, 0.5) is 0 Å². The van der Waals surface area contributed by atoms with Gasteiger partial charge in [0.05, 0.1) is 6.20 Å². The average molecular weight is 387 g/mol. The Hall–Kier alpha value is -3.49. The molecule has 1 atom stereocenters. The maximum atomic E-state index is 4.42. The van der Waals surface area contributed by atoms with Crippen LogP contribution in [0.5, 0.6) is 0 Å². The highest BCUT2D eigenvalue weighted by Gasteiger charge is 2.24. The second-order valence-corrected chi connectivity index (χ2v) is 7.30. The summed E-state index contributed by atoms with van der Waals surface area (Å²) in [4.78, 5) is 13.1. The summed E-state index contributed by atoms with van der Waals surface area (Å²) in [6.45, 7) is 2.06. The Bertz CT molecular complexity index is 1080. The fourth-order valence-corrected chi connectivity index (χ4v) is 3.82. The first-order valence-electron chi connectivity index (χ1n) is 9.84. The molecule has 0 N–H and O–H groups in total. The molecule has 0 amide bonds. The summed E-state index contributed by atoms with van der Waals surface area (Å²) in [7, 11) is 0. The smallest absolute Gasteiger partial charge is 0.178 e. The van der Waals surface area contributed by atoms with E-state index in [0.717, 1.165) is 22.8 Å². The molecule has 0 aliphatic heterocycles. The summed E-state index contributed by atoms with van der Waals surface area (Å²) in [5.74, 6) is 1.50. The van der Waals surface area contributed by atoms with Crippen molar-refractivity contribution in [2.75, 3.05) is 0 Å². The van der Waals surface area contributed by atoms with Crippen LogP contribution >= 0.6 is 0 Å². The quantitative estimate of drug-likeness (QED) is 0.518. The Kier molecular flexibility index (Phi) is 4.55. The molecule has 4 aromatic rings. The summed E-state index contributed by atoms with van der Waals surface area (Å²) < 4.78 is 4.02. The number of nitrogens with zero attached hydrogens (tertiary/aromatic N) is 9. The number of rotatable bonds is 5. The van der Waals surface area contributed by atoms with Crippen LogP contribution in [0.25, 0.3) is 22.8 Å². The third kappa shape index (κ3) is 3.39. The fourth-order valence-electron chi connectivity index (χ4n) is 3.82. The van der Waals surface area contributed by atoms with Crippen LogP contribution < -0.4 is 0 Å². The number of hydrogen-bond acceptors (Lipinski definition) is 7. The van der Waals surface area contributed by atoms with Crippen molar-refractivity contribution in [3.05, 3.63) is 55.1 Å². The maximum Gasteiger partial charge on any atom is 0.178 e. The lowest BCUT2D eigenvalue weighted by Gasteiger charge is -2.17. The van der Waals surface area contributed by atoms with Gasteiger partial charge in [-0.25, -0.2) is 14.6 Å². The molecule has 1 fully saturated rings. The van der Waals surface area contributed by atoms with Gasteiger partial charge >= 0.3 is 0 Å². The summed E-state index contributed by atoms with van der Waals surface area (Å²) in [5.41, 5.74) is 2.26. The molecule has 0 radical (unpaired) electrons. The van der Waals surface area contributed by atoms with Crippen LogP contribution in [0.2, 0.25) is 0 Å². The van der Waals surface area contributed by atoms with Crippen LogP contribution in [-0.2, 0) is 0 Å². The number of pyridine rings is 1. The average Bonchev–Trinajstić information content (AvgIpc) is 3.55. The zero-order valence-corrected chi connectivity index (χ0v) is 16.1. The van der Waals surface area contributed by atoms with Crippen molar-refractivity contribution in [1.82, 2.24) is 44.7 Å². The lowest BCUT2D eigenvalue weighted by molar-refractivity contribution is 0.441. The molecule has 0 saturated heterocycles. The molecule has 4 heterocycles. The summed E-state index contributed by atoms with van der Waals surface area (Å²) in [6.07, 6.45) is 13.8. The SMILES string of the molecule is CC(c1nncn1C1CCCC1)n1cc(-c2cnc(-c3ccccn3)nc2)nn1. The Labute approximate surface area is 167 Å². The van der Waals surface area contributed by atoms with Crippen molar-refractivity contribution in [1.29, 1.82) is 0 Å². The molecular weight excluding hydrogens is 366 g/mol. The Morgan fingerprint density at radius 1 is 1.00 bits per heavy atom. The van der Waals surface area contributed by atoms with Crippen LogP contribution in [0.15, 0.2) is 49.3 Å². The molecule has 0 spiro atoms. The van der Waals surface area contributed by atoms with Crippen molar-refractivity contribution in [2.45, 2.75) is 44.7 Å². The zero-order chi connectivity index (χ0) is 19.6. The number of hydrogen-bond donors (Lipinski definition) is 0. The van der Waals surface area contributed by atoms with E-state index in [-0.39, 0.29) is 6.04 Å². The third-order valence-electron chi connectivity index (χ3n) is 5.44. The summed E-state index contributed by atoms with van der Waals surface area (Å²) >= 11 is 0. The summed E-state index contributed by atoms with van der Waals surface area (Å²) in [5, 5.41) is 17.1. The van der Waals surface area contributed by atoms with Gasteiger partial charge in [0.2, 0.25) is 0 Å². The van der Waals surface area contributed by atoms with E-state index in [0.29, 0.717) is 11.9 Å². The predicted molar refractivity (Wildman–Crippen MR) is 106 cm³/mol. The van der Waals surface area contributed by atoms with E-state index in [1.807, 2.05) is 35.4 Å². The Morgan fingerprint density at radius 3 is 2.59 bits per heavy atom. The lowest BCUT2D eigenvalue weighted by atomic mass is 10.2. The summed E-state index contributed by atoms with van der Waals surface area (Å²) in [6, 6.07) is 6.08. The second-order valence-electron chi connectivity index (χ2n) is 7.30. The molecule has 4 aromatic heterocycles. The molecule has 1 aliphatic carbocycles. The molecule has 5 rings (SSSR count). The van der Waals surface area contributed by atoms with Gasteiger partial charge in [-0.3, -0.25) is 4.98 Å². The fraction of sp³-hybridized carbons (Fsp3) is 0.350. The molecule has 1 aliphatic rings. The minimum atomic E-state index is -0.0620. The predicted octanol–water partition coefficient (Wildman–Crippen LogP) is 3.11. The highest BCUT2D eigenvalue weighted by atomic mass is 15.4. The topological polar surface area (TPSA) is 100 Å². The van der Waals surface area contributed by atoms with Gasteiger partial charge in [-0.1, -0.05) is 24.1 Å². The maximum absolute atomic E-state index is 4.42. The van der Waals surface area contributed by atoms with Gasteiger partial charge < -0.3 is 4.57 Å². The molecule has 146 valence electrons. The Morgan fingerprint density at radius 2 is 1.83 bits per heavy atom. The van der Waals surface area contributed by atoms with Crippen molar-refractivity contribution in [3.63, 3.8) is 0 Å². The van der Waals surface area contributed by atoms with Gasteiger partial charge in [-0.05, 0) is 31.9 Å². The monoisotopic (exact) mass is 387 g/mol. The van der Waals surface area contributed by atoms with Gasteiger partial charge in [0.1, 0.15) is 23.8 Å². The standard InChI is InChI=1S/C20H21N9/c1-14(20-26-24-13-28(20)16-6-2-3-7-16)29-12-18(25-27-29)15-10-22-19(23-11-15)17-8-4-5-9-21-17/h4-5,8-14,16H,2-3,6-7H2,1H3. The van der Waals surface area contributed by atoms with E-state index in [9.17, 15) is 0 Å². The zero-order valence-electron chi connectivity index (χ0n) is 16.1. The molecule has 9 nitrogen and oxygen atoms in total. The first kappa shape index (κ1) is 17.6. The van der Waals surface area contributed by atoms with Crippen molar-refractivity contribution in [3.8, 4) is 22.8 Å². The van der Waals surface area contributed by atoms with Crippen molar-refractivity contribution in [2.24, 2.45) is 0 Å². The largest absolute Gasteiger partial charge is 0.313 e. The van der Waals surface area contributed by atoms with Crippen molar-refractivity contribution < 1.29 is 0 Å². The van der Waals surface area contributed by atoms with E-state index in [2.05, 4.69) is 47.0 Å². The van der Waals surface area contributed by atoms with Gasteiger partial charge in [-0.2, -0.15) is 0 Å². The second kappa shape index (κ2) is 7.50. The molecule has 29 heavy (non-hydrogen) atoms. The molecular formula is C20H21N9. The van der Waals surface area contributed by atoms with E-state index < -0.39 is 0 Å². The van der Waals surface area contributed by atoms with E-state index in [4.69, 9.17) is 0 Å². The highest BCUT2D eigenvalue weighted by Crippen LogP contribution is 2.31. The van der Waals surface area contributed by atoms with Crippen LogP contribution in [-0.4, -0.2) is 44.7 Å². The molecule has 0 aromatic carbocycles. The molecule has 1 saturated carbocycles. The van der Waals surface area contributed by atoms with Crippen LogP contribution in [0.1, 0.15) is 50.5 Å². The highest BCUT2D eigenvalue weighted by molar-refractivity contribution is 5.57. The Balaban J connectivity index is 1.38. The number of aromatic nitrogens is 9. The lowest BCUT2D eigenvalue weighted by Crippen LogP contribution is -2.16. The van der Waals surface area contributed by atoms with E-state index >= 15 is 0 Å².